The van der Waals surface area contributed by atoms with Crippen molar-refractivity contribution in [3.8, 4) is 5.69 Å². The standard InChI is InChI=1S/C19H20N8O/c1-3-26(4-2)19(28)14-10-24-27(13-8-6-5-7-9-13)18(14)25-17-15-16(21-11-20-15)22-12-23-17/h5-12H,3-4H2,1-2H3,(H2,20,21,22,23,25). The van der Waals surface area contributed by atoms with Gasteiger partial charge in [-0.25, -0.2) is 19.6 Å². The number of imidazole rings is 1. The Morgan fingerprint density at radius 3 is 2.68 bits per heavy atom. The molecule has 0 atom stereocenters. The maximum Gasteiger partial charge on any atom is 0.259 e. The fraction of sp³-hybridized carbons (Fsp3) is 0.211. The van der Waals surface area contributed by atoms with E-state index in [4.69, 9.17) is 0 Å². The second-order valence-corrected chi connectivity index (χ2v) is 6.08. The molecular formula is C19H20N8O. The molecule has 4 aromatic rings. The van der Waals surface area contributed by atoms with Crippen LogP contribution >= 0.6 is 0 Å². The summed E-state index contributed by atoms with van der Waals surface area (Å²) >= 11 is 0. The van der Waals surface area contributed by atoms with Gasteiger partial charge in [0, 0.05) is 13.1 Å². The topological polar surface area (TPSA) is 105 Å². The Kier molecular flexibility index (Phi) is 4.71. The number of nitrogens with one attached hydrogen (secondary N) is 2. The van der Waals surface area contributed by atoms with Crippen molar-refractivity contribution in [3.05, 3.63) is 54.7 Å². The zero-order valence-electron chi connectivity index (χ0n) is 15.6. The lowest BCUT2D eigenvalue weighted by atomic mass is 10.2. The Labute approximate surface area is 161 Å². The van der Waals surface area contributed by atoms with Gasteiger partial charge in [-0.05, 0) is 26.0 Å². The first-order valence-corrected chi connectivity index (χ1v) is 9.06. The van der Waals surface area contributed by atoms with Gasteiger partial charge >= 0.3 is 0 Å². The summed E-state index contributed by atoms with van der Waals surface area (Å²) in [6.45, 7) is 5.14. The van der Waals surface area contributed by atoms with E-state index >= 15 is 0 Å². The van der Waals surface area contributed by atoms with Crippen LogP contribution in [-0.2, 0) is 0 Å². The minimum absolute atomic E-state index is 0.0930. The van der Waals surface area contributed by atoms with E-state index in [0.29, 0.717) is 41.5 Å². The fourth-order valence-corrected chi connectivity index (χ4v) is 3.04. The van der Waals surface area contributed by atoms with Crippen molar-refractivity contribution in [2.75, 3.05) is 18.4 Å². The van der Waals surface area contributed by atoms with Gasteiger partial charge in [0.05, 0.1) is 18.2 Å². The summed E-state index contributed by atoms with van der Waals surface area (Å²) in [5.41, 5.74) is 2.50. The molecule has 0 aliphatic rings. The Bertz CT molecular complexity index is 1100. The number of hydrogen-bond acceptors (Lipinski definition) is 6. The van der Waals surface area contributed by atoms with Crippen LogP contribution in [0.25, 0.3) is 16.9 Å². The molecular weight excluding hydrogens is 356 g/mol. The van der Waals surface area contributed by atoms with E-state index in [1.165, 1.54) is 6.33 Å². The van der Waals surface area contributed by atoms with Crippen molar-refractivity contribution < 1.29 is 4.79 Å². The number of rotatable bonds is 6. The molecule has 0 unspecified atom stereocenters. The van der Waals surface area contributed by atoms with Gasteiger partial charge in [0.1, 0.15) is 23.2 Å². The fourth-order valence-electron chi connectivity index (χ4n) is 3.04. The molecule has 0 fully saturated rings. The molecule has 0 saturated carbocycles. The second kappa shape index (κ2) is 7.47. The van der Waals surface area contributed by atoms with Crippen molar-refractivity contribution in [3.63, 3.8) is 0 Å². The molecule has 142 valence electrons. The minimum atomic E-state index is -0.0930. The molecule has 9 nitrogen and oxygen atoms in total. The zero-order chi connectivity index (χ0) is 19.5. The van der Waals surface area contributed by atoms with E-state index in [0.717, 1.165) is 5.69 Å². The van der Waals surface area contributed by atoms with Gasteiger partial charge in [-0.1, -0.05) is 18.2 Å². The maximum absolute atomic E-state index is 13.1. The molecule has 0 aliphatic heterocycles. The minimum Gasteiger partial charge on any atom is -0.340 e. The number of para-hydroxylation sites is 1. The van der Waals surface area contributed by atoms with E-state index in [2.05, 4.69) is 30.4 Å². The van der Waals surface area contributed by atoms with Gasteiger partial charge < -0.3 is 15.2 Å². The number of nitrogens with zero attached hydrogens (tertiary/aromatic N) is 6. The van der Waals surface area contributed by atoms with Crippen LogP contribution in [0.1, 0.15) is 24.2 Å². The van der Waals surface area contributed by atoms with Crippen molar-refractivity contribution >= 4 is 28.7 Å². The average Bonchev–Trinajstić information content (AvgIpc) is 3.37. The summed E-state index contributed by atoms with van der Waals surface area (Å²) in [6.07, 6.45) is 4.57. The van der Waals surface area contributed by atoms with Gasteiger partial charge in [-0.15, -0.1) is 0 Å². The monoisotopic (exact) mass is 376 g/mol. The van der Waals surface area contributed by atoms with Crippen LogP contribution in [0.4, 0.5) is 11.6 Å². The van der Waals surface area contributed by atoms with Gasteiger partial charge in [-0.2, -0.15) is 5.10 Å². The van der Waals surface area contributed by atoms with Crippen LogP contribution in [0.2, 0.25) is 0 Å². The zero-order valence-corrected chi connectivity index (χ0v) is 15.6. The van der Waals surface area contributed by atoms with E-state index in [1.807, 2.05) is 44.2 Å². The van der Waals surface area contributed by atoms with Gasteiger partial charge in [-0.3, -0.25) is 4.79 Å². The third-order valence-electron chi connectivity index (χ3n) is 4.51. The number of benzene rings is 1. The summed E-state index contributed by atoms with van der Waals surface area (Å²) < 4.78 is 1.70. The van der Waals surface area contributed by atoms with E-state index < -0.39 is 0 Å². The Hall–Kier alpha value is -3.75. The molecule has 9 heteroatoms. The third kappa shape index (κ3) is 3.07. The summed E-state index contributed by atoms with van der Waals surface area (Å²) in [6, 6.07) is 9.63. The summed E-state index contributed by atoms with van der Waals surface area (Å²) in [7, 11) is 0. The SMILES string of the molecule is CCN(CC)C(=O)c1cnn(-c2ccccc2)c1Nc1ncnc2nc[nH]c12. The first kappa shape index (κ1) is 17.7. The lowest BCUT2D eigenvalue weighted by molar-refractivity contribution is 0.0774. The largest absolute Gasteiger partial charge is 0.340 e. The van der Waals surface area contributed by atoms with Crippen LogP contribution in [0.3, 0.4) is 0 Å². The predicted octanol–water partition coefficient (Wildman–Crippen LogP) is 2.76. The predicted molar refractivity (Wildman–Crippen MR) is 106 cm³/mol. The van der Waals surface area contributed by atoms with Crippen molar-refractivity contribution in [2.24, 2.45) is 0 Å². The molecule has 4 rings (SSSR count). The number of H-pyrrole nitrogens is 1. The van der Waals surface area contributed by atoms with Crippen LogP contribution in [-0.4, -0.2) is 53.6 Å². The number of fused-ring (bicyclic) bond motifs is 1. The first-order chi connectivity index (χ1) is 13.7. The molecule has 0 saturated heterocycles. The number of carbonyl (C=O) groups excluding carboxylic acids is 1. The van der Waals surface area contributed by atoms with Crippen molar-refractivity contribution in [1.29, 1.82) is 0 Å². The van der Waals surface area contributed by atoms with Crippen LogP contribution in [0.15, 0.2) is 49.2 Å². The second-order valence-electron chi connectivity index (χ2n) is 6.08. The van der Waals surface area contributed by atoms with Crippen LogP contribution < -0.4 is 5.32 Å². The molecule has 3 heterocycles. The highest BCUT2D eigenvalue weighted by Gasteiger charge is 2.23. The van der Waals surface area contributed by atoms with Gasteiger partial charge in [0.2, 0.25) is 0 Å². The Balaban J connectivity index is 1.84. The number of aromatic nitrogens is 6. The summed E-state index contributed by atoms with van der Waals surface area (Å²) in [4.78, 5) is 30.4. The molecule has 3 aromatic heterocycles. The first-order valence-electron chi connectivity index (χ1n) is 9.06. The van der Waals surface area contributed by atoms with Crippen molar-refractivity contribution in [2.45, 2.75) is 13.8 Å². The van der Waals surface area contributed by atoms with Gasteiger partial charge in [0.25, 0.3) is 5.91 Å². The highest BCUT2D eigenvalue weighted by molar-refractivity contribution is 6.00. The van der Waals surface area contributed by atoms with Crippen LogP contribution in [0, 0.1) is 0 Å². The van der Waals surface area contributed by atoms with Crippen LogP contribution in [0.5, 0.6) is 0 Å². The van der Waals surface area contributed by atoms with Crippen molar-refractivity contribution in [1.82, 2.24) is 34.6 Å². The third-order valence-corrected chi connectivity index (χ3v) is 4.51. The molecule has 0 radical (unpaired) electrons. The molecule has 0 aliphatic carbocycles. The molecule has 0 spiro atoms. The van der Waals surface area contributed by atoms with Gasteiger partial charge in [0.15, 0.2) is 11.5 Å². The highest BCUT2D eigenvalue weighted by Crippen LogP contribution is 2.27. The lowest BCUT2D eigenvalue weighted by Gasteiger charge is -2.19. The lowest BCUT2D eigenvalue weighted by Crippen LogP contribution is -2.30. The number of aromatic amines is 1. The molecule has 28 heavy (non-hydrogen) atoms. The summed E-state index contributed by atoms with van der Waals surface area (Å²) in [5.74, 6) is 0.969. The van der Waals surface area contributed by atoms with E-state index in [9.17, 15) is 4.79 Å². The Morgan fingerprint density at radius 2 is 1.93 bits per heavy atom. The molecule has 1 amide bonds. The Morgan fingerprint density at radius 1 is 1.14 bits per heavy atom. The number of hydrogen-bond donors (Lipinski definition) is 2. The van der Waals surface area contributed by atoms with E-state index in [1.54, 1.807) is 22.1 Å². The number of amides is 1. The van der Waals surface area contributed by atoms with E-state index in [-0.39, 0.29) is 5.91 Å². The molecule has 1 aromatic carbocycles. The number of anilines is 2. The highest BCUT2D eigenvalue weighted by atomic mass is 16.2. The molecule has 2 N–H and O–H groups in total. The maximum atomic E-state index is 13.1. The molecule has 0 bridgehead atoms. The quantitative estimate of drug-likeness (QED) is 0.536. The summed E-state index contributed by atoms with van der Waals surface area (Å²) in [5, 5.41) is 7.72. The number of carbonyl (C=O) groups is 1. The average molecular weight is 376 g/mol. The smallest absolute Gasteiger partial charge is 0.259 e. The normalized spacial score (nSPS) is 10.9.